The summed E-state index contributed by atoms with van der Waals surface area (Å²) in [6, 6.07) is 7.94. The van der Waals surface area contributed by atoms with E-state index in [2.05, 4.69) is 13.5 Å². The Morgan fingerprint density at radius 1 is 1.22 bits per heavy atom. The molecule has 0 aliphatic heterocycles. The van der Waals surface area contributed by atoms with Gasteiger partial charge in [-0.05, 0) is 45.4 Å². The molecule has 18 heavy (non-hydrogen) atoms. The highest BCUT2D eigenvalue weighted by Gasteiger charge is 2.18. The highest BCUT2D eigenvalue weighted by molar-refractivity contribution is 5.61. The van der Waals surface area contributed by atoms with Crippen LogP contribution in [0.15, 0.2) is 30.8 Å². The van der Waals surface area contributed by atoms with Gasteiger partial charge in [0, 0.05) is 6.42 Å². The van der Waals surface area contributed by atoms with Crippen molar-refractivity contribution in [3.63, 3.8) is 0 Å². The lowest BCUT2D eigenvalue weighted by molar-refractivity contribution is -0.151. The fourth-order valence-corrected chi connectivity index (χ4v) is 1.55. The van der Waals surface area contributed by atoms with Gasteiger partial charge in [-0.3, -0.25) is 0 Å². The zero-order valence-corrected chi connectivity index (χ0v) is 12.1. The third-order valence-electron chi connectivity index (χ3n) is 2.43. The van der Waals surface area contributed by atoms with Crippen molar-refractivity contribution >= 4 is 5.57 Å². The molecule has 0 saturated heterocycles. The zero-order chi connectivity index (χ0) is 13.8. The summed E-state index contributed by atoms with van der Waals surface area (Å²) in [4.78, 5) is 0. The summed E-state index contributed by atoms with van der Waals surface area (Å²) in [7, 11) is 0. The van der Waals surface area contributed by atoms with E-state index in [0.29, 0.717) is 0 Å². The minimum Gasteiger partial charge on any atom is -0.465 e. The predicted molar refractivity (Wildman–Crippen MR) is 76.7 cm³/mol. The Morgan fingerprint density at radius 3 is 2.17 bits per heavy atom. The van der Waals surface area contributed by atoms with Crippen molar-refractivity contribution in [2.24, 2.45) is 0 Å². The summed E-state index contributed by atoms with van der Waals surface area (Å²) < 4.78 is 11.7. The first-order valence-electron chi connectivity index (χ1n) is 6.42. The summed E-state index contributed by atoms with van der Waals surface area (Å²) in [5.41, 5.74) is 1.99. The molecule has 100 valence electrons. The molecule has 2 nitrogen and oxygen atoms in total. The van der Waals surface area contributed by atoms with E-state index in [1.165, 1.54) is 0 Å². The standard InChI is InChI=1S/C16H24O2/c1-7-15(18-16(4,5)6)17-14-10-8-13(9-11-14)12(2)3/h8-11,15H,2,7H2,1,3-6H3. The minimum atomic E-state index is -0.208. The van der Waals surface area contributed by atoms with Crippen LogP contribution >= 0.6 is 0 Å². The topological polar surface area (TPSA) is 18.5 Å². The van der Waals surface area contributed by atoms with E-state index in [0.717, 1.165) is 23.3 Å². The molecule has 0 fully saturated rings. The van der Waals surface area contributed by atoms with Gasteiger partial charge in [-0.1, -0.05) is 31.2 Å². The number of rotatable bonds is 5. The van der Waals surface area contributed by atoms with Crippen molar-refractivity contribution < 1.29 is 9.47 Å². The lowest BCUT2D eigenvalue weighted by atomic mass is 10.1. The van der Waals surface area contributed by atoms with Gasteiger partial charge in [-0.15, -0.1) is 0 Å². The maximum absolute atomic E-state index is 5.83. The van der Waals surface area contributed by atoms with Crippen molar-refractivity contribution in [3.8, 4) is 5.75 Å². The Balaban J connectivity index is 2.67. The van der Waals surface area contributed by atoms with Gasteiger partial charge in [0.2, 0.25) is 0 Å². The van der Waals surface area contributed by atoms with Crippen LogP contribution in [0.3, 0.4) is 0 Å². The Morgan fingerprint density at radius 2 is 1.78 bits per heavy atom. The average Bonchev–Trinajstić information content (AvgIpc) is 2.27. The van der Waals surface area contributed by atoms with Crippen molar-refractivity contribution in [2.75, 3.05) is 0 Å². The van der Waals surface area contributed by atoms with E-state index < -0.39 is 0 Å². The van der Waals surface area contributed by atoms with Crippen LogP contribution < -0.4 is 4.74 Å². The second-order valence-corrected chi connectivity index (χ2v) is 5.49. The molecule has 0 amide bonds. The van der Waals surface area contributed by atoms with Crippen molar-refractivity contribution in [2.45, 2.75) is 52.9 Å². The van der Waals surface area contributed by atoms with Gasteiger partial charge in [0.15, 0.2) is 6.29 Å². The maximum atomic E-state index is 5.83. The monoisotopic (exact) mass is 248 g/mol. The average molecular weight is 248 g/mol. The number of benzene rings is 1. The van der Waals surface area contributed by atoms with Gasteiger partial charge in [-0.25, -0.2) is 0 Å². The number of allylic oxidation sites excluding steroid dienone is 1. The lowest BCUT2D eigenvalue weighted by Gasteiger charge is -2.27. The molecule has 2 heteroatoms. The van der Waals surface area contributed by atoms with Crippen molar-refractivity contribution in [3.05, 3.63) is 36.4 Å². The van der Waals surface area contributed by atoms with Crippen molar-refractivity contribution in [1.29, 1.82) is 0 Å². The molecule has 0 spiro atoms. The fourth-order valence-electron chi connectivity index (χ4n) is 1.55. The van der Waals surface area contributed by atoms with E-state index in [1.54, 1.807) is 0 Å². The van der Waals surface area contributed by atoms with E-state index >= 15 is 0 Å². The van der Waals surface area contributed by atoms with E-state index in [9.17, 15) is 0 Å². The normalized spacial score (nSPS) is 13.2. The molecule has 1 unspecified atom stereocenters. The van der Waals surface area contributed by atoms with Crippen LogP contribution in [0.5, 0.6) is 5.75 Å². The first-order valence-corrected chi connectivity index (χ1v) is 6.42. The Bertz CT molecular complexity index is 385. The second kappa shape index (κ2) is 6.05. The smallest absolute Gasteiger partial charge is 0.200 e. The molecular formula is C16H24O2. The third-order valence-corrected chi connectivity index (χ3v) is 2.43. The summed E-state index contributed by atoms with van der Waals surface area (Å²) in [6.45, 7) is 14.1. The zero-order valence-electron chi connectivity index (χ0n) is 12.1. The Kier molecular flexibility index (Phi) is 4.97. The summed E-state index contributed by atoms with van der Waals surface area (Å²) in [5.74, 6) is 0.830. The van der Waals surface area contributed by atoms with Gasteiger partial charge in [0.1, 0.15) is 5.75 Å². The lowest BCUT2D eigenvalue weighted by Crippen LogP contribution is -2.30. The SMILES string of the molecule is C=C(C)c1ccc(OC(CC)OC(C)(C)C)cc1. The largest absolute Gasteiger partial charge is 0.465 e. The fraction of sp³-hybridized carbons (Fsp3) is 0.500. The summed E-state index contributed by atoms with van der Waals surface area (Å²) >= 11 is 0. The third kappa shape index (κ3) is 4.92. The molecule has 0 heterocycles. The number of ether oxygens (including phenoxy) is 2. The van der Waals surface area contributed by atoms with Crippen molar-refractivity contribution in [1.82, 2.24) is 0 Å². The molecule has 0 N–H and O–H groups in total. The van der Waals surface area contributed by atoms with E-state index in [-0.39, 0.29) is 11.9 Å². The molecule has 0 aliphatic rings. The molecule has 0 aliphatic carbocycles. The van der Waals surface area contributed by atoms with Crippen LogP contribution in [0.2, 0.25) is 0 Å². The van der Waals surface area contributed by atoms with Crippen LogP contribution in [-0.4, -0.2) is 11.9 Å². The summed E-state index contributed by atoms with van der Waals surface area (Å²) in [5, 5.41) is 0. The van der Waals surface area contributed by atoms with Gasteiger partial charge in [0.25, 0.3) is 0 Å². The first-order chi connectivity index (χ1) is 8.31. The van der Waals surface area contributed by atoms with Crippen LogP contribution in [0.4, 0.5) is 0 Å². The molecule has 0 bridgehead atoms. The first kappa shape index (κ1) is 14.8. The van der Waals surface area contributed by atoms with Crippen LogP contribution in [0.25, 0.3) is 5.57 Å². The highest BCUT2D eigenvalue weighted by Crippen LogP contribution is 2.21. The van der Waals surface area contributed by atoms with Crippen LogP contribution in [0, 0.1) is 0 Å². The van der Waals surface area contributed by atoms with Gasteiger partial charge >= 0.3 is 0 Å². The van der Waals surface area contributed by atoms with Gasteiger partial charge in [0.05, 0.1) is 5.60 Å². The molecule has 1 aromatic carbocycles. The van der Waals surface area contributed by atoms with Crippen LogP contribution in [-0.2, 0) is 4.74 Å². The molecule has 0 saturated carbocycles. The van der Waals surface area contributed by atoms with Gasteiger partial charge < -0.3 is 9.47 Å². The molecular weight excluding hydrogens is 224 g/mol. The molecule has 0 aromatic heterocycles. The second-order valence-electron chi connectivity index (χ2n) is 5.49. The minimum absolute atomic E-state index is 0.196. The number of hydrogen-bond acceptors (Lipinski definition) is 2. The Labute approximate surface area is 111 Å². The predicted octanol–water partition coefficient (Wildman–Crippen LogP) is 4.65. The van der Waals surface area contributed by atoms with Gasteiger partial charge in [-0.2, -0.15) is 0 Å². The molecule has 1 atom stereocenters. The maximum Gasteiger partial charge on any atom is 0.200 e. The molecule has 1 rings (SSSR count). The quantitative estimate of drug-likeness (QED) is 0.706. The molecule has 0 radical (unpaired) electrons. The Hall–Kier alpha value is -1.28. The van der Waals surface area contributed by atoms with E-state index in [1.807, 2.05) is 52.0 Å². The van der Waals surface area contributed by atoms with Crippen LogP contribution in [0.1, 0.15) is 46.6 Å². The van der Waals surface area contributed by atoms with E-state index in [4.69, 9.17) is 9.47 Å². The number of hydrogen-bond donors (Lipinski definition) is 0. The molecule has 1 aromatic rings. The summed E-state index contributed by atoms with van der Waals surface area (Å²) in [6.07, 6.45) is 0.611. The highest BCUT2D eigenvalue weighted by atomic mass is 16.7.